The molecule has 0 spiro atoms. The van der Waals surface area contributed by atoms with Crippen LogP contribution in [0.15, 0.2) is 22.8 Å². The number of rotatable bonds is 5. The summed E-state index contributed by atoms with van der Waals surface area (Å²) in [5.74, 6) is 1.90. The topological polar surface area (TPSA) is 93.0 Å². The molecule has 2 aromatic heterocycles. The van der Waals surface area contributed by atoms with Crippen molar-refractivity contribution in [1.82, 2.24) is 15.2 Å². The van der Waals surface area contributed by atoms with Gasteiger partial charge >= 0.3 is 0 Å². The fraction of sp³-hybridized carbons (Fsp3) is 0.562. The molecule has 2 saturated heterocycles. The molecule has 0 unspecified atom stereocenters. The Balaban J connectivity index is 1.37. The van der Waals surface area contributed by atoms with E-state index in [1.54, 1.807) is 6.26 Å². The van der Waals surface area contributed by atoms with E-state index in [9.17, 15) is 4.79 Å². The second-order valence-corrected chi connectivity index (χ2v) is 6.58. The standard InChI is InChI=1S/C16H20N4O3/c1-16(9-11-4-6-12(16)23-11)14(21)18-15-17-13(19-20-15)7-5-10-3-2-8-22-10/h2-3,8,11-12H,4-7,9H2,1H3,(H2,17,18,19,20,21)/t11-,12-,16+/m1/s1. The smallest absolute Gasteiger partial charge is 0.248 e. The van der Waals surface area contributed by atoms with Crippen molar-refractivity contribution in [2.75, 3.05) is 5.32 Å². The molecule has 0 aromatic carbocycles. The zero-order valence-electron chi connectivity index (χ0n) is 13.0. The van der Waals surface area contributed by atoms with Crippen LogP contribution in [-0.2, 0) is 22.4 Å². The summed E-state index contributed by atoms with van der Waals surface area (Å²) in [7, 11) is 0. The van der Waals surface area contributed by atoms with E-state index >= 15 is 0 Å². The van der Waals surface area contributed by atoms with Gasteiger partial charge in [-0.05, 0) is 38.3 Å². The Morgan fingerprint density at radius 3 is 3.09 bits per heavy atom. The van der Waals surface area contributed by atoms with Gasteiger partial charge in [0.05, 0.1) is 23.9 Å². The molecular weight excluding hydrogens is 296 g/mol. The van der Waals surface area contributed by atoms with Crippen LogP contribution >= 0.6 is 0 Å². The fourth-order valence-corrected chi connectivity index (χ4v) is 3.57. The number of anilines is 1. The first-order chi connectivity index (χ1) is 11.1. The molecule has 4 heterocycles. The molecule has 4 rings (SSSR count). The Kier molecular flexibility index (Phi) is 3.45. The average Bonchev–Trinajstić information content (AvgIpc) is 3.30. The number of aromatic nitrogens is 3. The molecule has 0 radical (unpaired) electrons. The maximum absolute atomic E-state index is 12.6. The first-order valence-corrected chi connectivity index (χ1v) is 8.04. The maximum atomic E-state index is 12.6. The van der Waals surface area contributed by atoms with Gasteiger partial charge in [-0.25, -0.2) is 0 Å². The summed E-state index contributed by atoms with van der Waals surface area (Å²) in [6.07, 6.45) is 6.12. The lowest BCUT2D eigenvalue weighted by Crippen LogP contribution is -2.41. The summed E-state index contributed by atoms with van der Waals surface area (Å²) in [4.78, 5) is 16.9. The lowest BCUT2D eigenvalue weighted by Gasteiger charge is -2.28. The SMILES string of the molecule is C[C@]1(C(=O)Nc2n[nH]c(CCc3ccco3)n2)C[C@H]2CC[C@H]1O2. The maximum Gasteiger partial charge on any atom is 0.248 e. The highest BCUT2D eigenvalue weighted by Gasteiger charge is 2.54. The van der Waals surface area contributed by atoms with Gasteiger partial charge in [-0.3, -0.25) is 15.2 Å². The Morgan fingerprint density at radius 1 is 1.48 bits per heavy atom. The van der Waals surface area contributed by atoms with Gasteiger partial charge in [0.1, 0.15) is 11.6 Å². The fourth-order valence-electron chi connectivity index (χ4n) is 3.57. The Bertz CT molecular complexity index is 696. The number of hydrogen-bond acceptors (Lipinski definition) is 5. The number of ether oxygens (including phenoxy) is 1. The Hall–Kier alpha value is -2.15. The predicted molar refractivity (Wildman–Crippen MR) is 81.7 cm³/mol. The average molecular weight is 316 g/mol. The van der Waals surface area contributed by atoms with Crippen LogP contribution in [0.3, 0.4) is 0 Å². The molecule has 1 amide bonds. The normalized spacial score (nSPS) is 29.1. The van der Waals surface area contributed by atoms with Crippen molar-refractivity contribution < 1.29 is 13.9 Å². The molecule has 0 saturated carbocycles. The van der Waals surface area contributed by atoms with E-state index in [1.807, 2.05) is 19.1 Å². The number of carbonyl (C=O) groups excluding carboxylic acids is 1. The molecule has 2 bridgehead atoms. The molecule has 122 valence electrons. The number of hydrogen-bond donors (Lipinski definition) is 2. The van der Waals surface area contributed by atoms with Gasteiger partial charge in [0.15, 0.2) is 0 Å². The minimum atomic E-state index is -0.474. The summed E-state index contributed by atoms with van der Waals surface area (Å²) in [6, 6.07) is 3.79. The lowest BCUT2D eigenvalue weighted by atomic mass is 9.75. The van der Waals surface area contributed by atoms with Crippen molar-refractivity contribution in [3.05, 3.63) is 30.0 Å². The minimum Gasteiger partial charge on any atom is -0.469 e. The molecular formula is C16H20N4O3. The van der Waals surface area contributed by atoms with Crippen LogP contribution in [0.2, 0.25) is 0 Å². The first kappa shape index (κ1) is 14.4. The Labute approximate surface area is 133 Å². The Morgan fingerprint density at radius 2 is 2.39 bits per heavy atom. The molecule has 2 aliphatic heterocycles. The third-order valence-corrected chi connectivity index (χ3v) is 4.93. The van der Waals surface area contributed by atoms with Gasteiger partial charge in [-0.15, -0.1) is 5.10 Å². The second kappa shape index (κ2) is 5.49. The van der Waals surface area contributed by atoms with Crippen LogP contribution in [0, 0.1) is 5.41 Å². The van der Waals surface area contributed by atoms with Crippen LogP contribution in [0.1, 0.15) is 37.8 Å². The third kappa shape index (κ3) is 2.65. The number of furan rings is 1. The number of aromatic amines is 1. The molecule has 7 heteroatoms. The second-order valence-electron chi connectivity index (χ2n) is 6.58. The third-order valence-electron chi connectivity index (χ3n) is 4.93. The highest BCUT2D eigenvalue weighted by atomic mass is 16.5. The number of carbonyl (C=O) groups is 1. The van der Waals surface area contributed by atoms with Gasteiger partial charge in [0.2, 0.25) is 11.9 Å². The predicted octanol–water partition coefficient (Wildman–Crippen LogP) is 2.08. The number of aryl methyl sites for hydroxylation is 2. The summed E-state index contributed by atoms with van der Waals surface area (Å²) < 4.78 is 11.1. The van der Waals surface area contributed by atoms with Crippen molar-refractivity contribution in [2.24, 2.45) is 5.41 Å². The highest BCUT2D eigenvalue weighted by Crippen LogP contribution is 2.47. The highest BCUT2D eigenvalue weighted by molar-refractivity contribution is 5.94. The van der Waals surface area contributed by atoms with Crippen molar-refractivity contribution in [2.45, 2.75) is 51.2 Å². The van der Waals surface area contributed by atoms with E-state index in [0.717, 1.165) is 37.3 Å². The van der Waals surface area contributed by atoms with Crippen LogP contribution in [0.4, 0.5) is 5.95 Å². The van der Waals surface area contributed by atoms with Crippen LogP contribution in [0.5, 0.6) is 0 Å². The molecule has 2 aromatic rings. The minimum absolute atomic E-state index is 0.0184. The number of nitrogens with one attached hydrogen (secondary N) is 2. The largest absolute Gasteiger partial charge is 0.469 e. The molecule has 23 heavy (non-hydrogen) atoms. The van der Waals surface area contributed by atoms with Crippen molar-refractivity contribution in [1.29, 1.82) is 0 Å². The monoisotopic (exact) mass is 316 g/mol. The van der Waals surface area contributed by atoms with Gasteiger partial charge in [-0.2, -0.15) is 4.98 Å². The molecule has 2 aliphatic rings. The number of nitrogens with zero attached hydrogens (tertiary/aromatic N) is 2. The van der Waals surface area contributed by atoms with Crippen molar-refractivity contribution >= 4 is 11.9 Å². The molecule has 2 N–H and O–H groups in total. The molecule has 3 atom stereocenters. The van der Waals surface area contributed by atoms with Crippen LogP contribution in [-0.4, -0.2) is 33.3 Å². The zero-order valence-corrected chi connectivity index (χ0v) is 13.0. The molecule has 0 aliphatic carbocycles. The van der Waals surface area contributed by atoms with E-state index < -0.39 is 5.41 Å². The van der Waals surface area contributed by atoms with Gasteiger partial charge in [0, 0.05) is 12.8 Å². The van der Waals surface area contributed by atoms with Gasteiger partial charge < -0.3 is 9.15 Å². The van der Waals surface area contributed by atoms with E-state index in [1.165, 1.54) is 0 Å². The zero-order chi connectivity index (χ0) is 15.9. The summed E-state index contributed by atoms with van der Waals surface area (Å²) in [5.41, 5.74) is -0.474. The number of amides is 1. The van der Waals surface area contributed by atoms with Crippen molar-refractivity contribution in [3.8, 4) is 0 Å². The van der Waals surface area contributed by atoms with E-state index in [4.69, 9.17) is 9.15 Å². The van der Waals surface area contributed by atoms with Crippen LogP contribution in [0.25, 0.3) is 0 Å². The number of fused-ring (bicyclic) bond motifs is 2. The van der Waals surface area contributed by atoms with Crippen molar-refractivity contribution in [3.63, 3.8) is 0 Å². The van der Waals surface area contributed by atoms with E-state index in [2.05, 4.69) is 20.5 Å². The number of H-pyrrole nitrogens is 1. The lowest BCUT2D eigenvalue weighted by molar-refractivity contribution is -0.127. The van der Waals surface area contributed by atoms with Gasteiger partial charge in [0.25, 0.3) is 0 Å². The quantitative estimate of drug-likeness (QED) is 0.881. The summed E-state index contributed by atoms with van der Waals surface area (Å²) in [5, 5.41) is 9.77. The molecule has 2 fully saturated rings. The van der Waals surface area contributed by atoms with Crippen LogP contribution < -0.4 is 5.32 Å². The van der Waals surface area contributed by atoms with Gasteiger partial charge in [-0.1, -0.05) is 0 Å². The molecule has 7 nitrogen and oxygen atoms in total. The van der Waals surface area contributed by atoms with E-state index in [-0.39, 0.29) is 18.1 Å². The van der Waals surface area contributed by atoms with E-state index in [0.29, 0.717) is 12.4 Å². The first-order valence-electron chi connectivity index (χ1n) is 8.04. The summed E-state index contributed by atoms with van der Waals surface area (Å²) in [6.45, 7) is 1.97. The summed E-state index contributed by atoms with van der Waals surface area (Å²) >= 11 is 0.